The molecule has 8 heteroatoms. The summed E-state index contributed by atoms with van der Waals surface area (Å²) in [6.07, 6.45) is 5.31. The van der Waals surface area contributed by atoms with Crippen LogP contribution >= 0.6 is 0 Å². The lowest BCUT2D eigenvalue weighted by molar-refractivity contribution is 0.584. The minimum atomic E-state index is -3.72. The first-order valence-electron chi connectivity index (χ1n) is 11.1. The van der Waals surface area contributed by atoms with E-state index in [4.69, 9.17) is 0 Å². The Balaban J connectivity index is 1.63. The second-order valence-corrected chi connectivity index (χ2v) is 10.8. The summed E-state index contributed by atoms with van der Waals surface area (Å²) in [5.74, 6) is 0. The molecule has 0 saturated heterocycles. The van der Waals surface area contributed by atoms with Gasteiger partial charge in [-0.1, -0.05) is 36.4 Å². The van der Waals surface area contributed by atoms with Gasteiger partial charge in [-0.05, 0) is 48.2 Å². The highest BCUT2D eigenvalue weighted by Gasteiger charge is 2.28. The van der Waals surface area contributed by atoms with Crippen molar-refractivity contribution in [3.8, 4) is 11.1 Å². The smallest absolute Gasteiger partial charge is 0.241 e. The van der Waals surface area contributed by atoms with E-state index in [-0.39, 0.29) is 5.43 Å². The number of para-hydroxylation sites is 1. The van der Waals surface area contributed by atoms with E-state index < -0.39 is 15.3 Å². The summed E-state index contributed by atoms with van der Waals surface area (Å²) in [6.45, 7) is 1.64. The third-order valence-corrected chi connectivity index (χ3v) is 8.50. The molecule has 0 saturated carbocycles. The predicted molar refractivity (Wildman–Crippen MR) is 140 cm³/mol. The van der Waals surface area contributed by atoms with Gasteiger partial charge in [0.1, 0.15) is 5.25 Å². The van der Waals surface area contributed by atoms with Gasteiger partial charge in [0, 0.05) is 48.4 Å². The van der Waals surface area contributed by atoms with Crippen LogP contribution in [0.25, 0.3) is 32.8 Å². The van der Waals surface area contributed by atoms with Crippen molar-refractivity contribution in [2.24, 2.45) is 7.05 Å². The molecule has 5 rings (SSSR count). The normalized spacial score (nSPS) is 12.7. The van der Waals surface area contributed by atoms with E-state index >= 15 is 0 Å². The van der Waals surface area contributed by atoms with Crippen LogP contribution in [0.1, 0.15) is 17.7 Å². The Hall–Kier alpha value is -4.04. The van der Waals surface area contributed by atoms with E-state index in [1.165, 1.54) is 4.31 Å². The van der Waals surface area contributed by atoms with Gasteiger partial charge in [0.2, 0.25) is 10.0 Å². The molecule has 0 aliphatic heterocycles. The Bertz CT molecular complexity index is 1730. The van der Waals surface area contributed by atoms with Crippen molar-refractivity contribution in [2.75, 3.05) is 11.4 Å². The van der Waals surface area contributed by atoms with Gasteiger partial charge < -0.3 is 0 Å². The standard InChI is InChI=1S/C27H24N4O3S/c1-18(35(33,34)31(3)23-7-5-4-6-8-23)20-10-9-19-11-12-26-25(27(32)24(19)13-20)14-21(15-28-26)22-16-29-30(2)17-22/h4-18H,1-3H3. The first-order chi connectivity index (χ1) is 16.8. The van der Waals surface area contributed by atoms with Crippen LogP contribution in [0.5, 0.6) is 0 Å². The number of hydrogen-bond acceptors (Lipinski definition) is 5. The molecular formula is C27H24N4O3S. The molecule has 2 aromatic heterocycles. The largest absolute Gasteiger partial charge is 0.289 e. The van der Waals surface area contributed by atoms with E-state index in [9.17, 15) is 13.2 Å². The van der Waals surface area contributed by atoms with E-state index in [1.807, 2.05) is 37.5 Å². The van der Waals surface area contributed by atoms with Gasteiger partial charge in [-0.2, -0.15) is 5.10 Å². The minimum absolute atomic E-state index is 0.193. The van der Waals surface area contributed by atoms with Crippen molar-refractivity contribution in [1.82, 2.24) is 14.8 Å². The molecule has 0 aliphatic carbocycles. The fourth-order valence-electron chi connectivity index (χ4n) is 4.19. The summed E-state index contributed by atoms with van der Waals surface area (Å²) in [6, 6.07) is 19.7. The second-order valence-electron chi connectivity index (χ2n) is 8.56. The van der Waals surface area contributed by atoms with Crippen LogP contribution in [0, 0.1) is 0 Å². The van der Waals surface area contributed by atoms with Crippen LogP contribution in [0.2, 0.25) is 0 Å². The lowest BCUT2D eigenvalue weighted by atomic mass is 10.1. The van der Waals surface area contributed by atoms with Gasteiger partial charge in [-0.25, -0.2) is 8.42 Å². The van der Waals surface area contributed by atoms with Crippen LogP contribution in [-0.2, 0) is 17.1 Å². The molecule has 3 aromatic carbocycles. The number of fused-ring (bicyclic) bond motifs is 2. The Morgan fingerprint density at radius 3 is 2.37 bits per heavy atom. The van der Waals surface area contributed by atoms with Gasteiger partial charge >= 0.3 is 0 Å². The number of pyridine rings is 1. The molecule has 0 bridgehead atoms. The van der Waals surface area contributed by atoms with Crippen molar-refractivity contribution < 1.29 is 8.42 Å². The number of rotatable bonds is 5. The van der Waals surface area contributed by atoms with Gasteiger partial charge in [0.15, 0.2) is 5.43 Å². The molecule has 2 heterocycles. The molecule has 0 aliphatic rings. The highest BCUT2D eigenvalue weighted by atomic mass is 32.2. The molecule has 35 heavy (non-hydrogen) atoms. The third kappa shape index (κ3) is 4.06. The van der Waals surface area contributed by atoms with Crippen LogP contribution in [0.4, 0.5) is 5.69 Å². The number of aryl methyl sites for hydroxylation is 1. The van der Waals surface area contributed by atoms with Gasteiger partial charge in [-0.3, -0.25) is 18.8 Å². The Kier molecular flexibility index (Phi) is 5.61. The monoisotopic (exact) mass is 484 g/mol. The van der Waals surface area contributed by atoms with E-state index in [0.29, 0.717) is 27.5 Å². The highest BCUT2D eigenvalue weighted by Crippen LogP contribution is 2.30. The summed E-state index contributed by atoms with van der Waals surface area (Å²) < 4.78 is 29.7. The molecule has 0 fully saturated rings. The zero-order chi connectivity index (χ0) is 24.7. The lowest BCUT2D eigenvalue weighted by Gasteiger charge is -2.24. The van der Waals surface area contributed by atoms with Crippen molar-refractivity contribution in [3.05, 3.63) is 101 Å². The molecule has 5 aromatic rings. The number of hydrogen-bond donors (Lipinski definition) is 0. The fourth-order valence-corrected chi connectivity index (χ4v) is 5.58. The van der Waals surface area contributed by atoms with E-state index in [2.05, 4.69) is 10.1 Å². The number of benzene rings is 2. The zero-order valence-electron chi connectivity index (χ0n) is 19.6. The van der Waals surface area contributed by atoms with Crippen molar-refractivity contribution in [2.45, 2.75) is 12.2 Å². The quantitative estimate of drug-likeness (QED) is 0.362. The maximum Gasteiger partial charge on any atom is 0.241 e. The van der Waals surface area contributed by atoms with Crippen LogP contribution in [0.3, 0.4) is 0 Å². The van der Waals surface area contributed by atoms with Crippen LogP contribution in [-0.4, -0.2) is 30.2 Å². The van der Waals surface area contributed by atoms with Crippen LogP contribution in [0.15, 0.2) is 90.1 Å². The molecular weight excluding hydrogens is 460 g/mol. The topological polar surface area (TPSA) is 85.2 Å². The van der Waals surface area contributed by atoms with Gasteiger partial charge in [-0.15, -0.1) is 0 Å². The third-order valence-electron chi connectivity index (χ3n) is 6.36. The molecule has 0 radical (unpaired) electrons. The Morgan fingerprint density at radius 2 is 1.66 bits per heavy atom. The number of aromatic nitrogens is 3. The summed E-state index contributed by atoms with van der Waals surface area (Å²) in [4.78, 5) is 18.1. The van der Waals surface area contributed by atoms with Gasteiger partial charge in [0.05, 0.1) is 17.4 Å². The van der Waals surface area contributed by atoms with E-state index in [0.717, 1.165) is 16.5 Å². The lowest BCUT2D eigenvalue weighted by Crippen LogP contribution is -2.30. The molecule has 1 unspecified atom stereocenters. The number of anilines is 1. The second kappa shape index (κ2) is 8.63. The first kappa shape index (κ1) is 22.7. The van der Waals surface area contributed by atoms with Crippen LogP contribution < -0.4 is 9.73 Å². The minimum Gasteiger partial charge on any atom is -0.289 e. The molecule has 0 N–H and O–H groups in total. The average molecular weight is 485 g/mol. The summed E-state index contributed by atoms with van der Waals surface area (Å²) in [7, 11) is -0.345. The summed E-state index contributed by atoms with van der Waals surface area (Å²) in [5.41, 5.74) is 3.16. The van der Waals surface area contributed by atoms with E-state index in [1.54, 1.807) is 73.5 Å². The molecule has 0 amide bonds. The summed E-state index contributed by atoms with van der Waals surface area (Å²) in [5, 5.41) is 4.99. The Morgan fingerprint density at radius 1 is 0.914 bits per heavy atom. The van der Waals surface area contributed by atoms with Gasteiger partial charge in [0.25, 0.3) is 0 Å². The van der Waals surface area contributed by atoms with Crippen molar-refractivity contribution in [1.29, 1.82) is 0 Å². The fraction of sp³-hybridized carbons (Fsp3) is 0.148. The maximum atomic E-state index is 13.6. The maximum absolute atomic E-state index is 13.6. The van der Waals surface area contributed by atoms with Crippen molar-refractivity contribution in [3.63, 3.8) is 0 Å². The SMILES string of the molecule is CC(c1ccc2ccc3ncc(-c4cnn(C)c4)cc3c(=O)c2c1)S(=O)(=O)N(C)c1ccccc1. The zero-order valence-corrected chi connectivity index (χ0v) is 20.4. The first-order valence-corrected chi connectivity index (χ1v) is 12.6. The number of nitrogens with zero attached hydrogens (tertiary/aromatic N) is 4. The summed E-state index contributed by atoms with van der Waals surface area (Å²) >= 11 is 0. The predicted octanol–water partition coefficient (Wildman–Crippen LogP) is 4.68. The molecule has 1 atom stereocenters. The Labute approximate surface area is 203 Å². The average Bonchev–Trinajstić information content (AvgIpc) is 3.27. The molecule has 7 nitrogen and oxygen atoms in total. The number of sulfonamides is 1. The molecule has 176 valence electrons. The molecule has 0 spiro atoms. The van der Waals surface area contributed by atoms with Crippen molar-refractivity contribution >= 4 is 37.4 Å². The highest BCUT2D eigenvalue weighted by molar-refractivity contribution is 7.93.